The second kappa shape index (κ2) is 9.82. The Morgan fingerprint density at radius 1 is 1.02 bits per heavy atom. The molecule has 1 aliphatic heterocycles. The van der Waals surface area contributed by atoms with Gasteiger partial charge in [-0.15, -0.1) is 0 Å². The monoisotopic (exact) mass is 546 g/mol. The van der Waals surface area contributed by atoms with Crippen molar-refractivity contribution in [3.63, 3.8) is 0 Å². The Kier molecular flexibility index (Phi) is 6.74. The summed E-state index contributed by atoms with van der Waals surface area (Å²) in [6.45, 7) is 8.00. The molecule has 0 saturated carbocycles. The predicted molar refractivity (Wildman–Crippen MR) is 153 cm³/mol. The molecule has 40 heavy (non-hydrogen) atoms. The minimum absolute atomic E-state index is 0.229. The van der Waals surface area contributed by atoms with Gasteiger partial charge in [-0.3, -0.25) is 19.3 Å². The number of aromatic nitrogens is 1. The third-order valence-corrected chi connectivity index (χ3v) is 7.53. The molecule has 0 amide bonds. The molecule has 0 radical (unpaired) electrons. The number of rotatable bonds is 5. The third kappa shape index (κ3) is 4.54. The zero-order valence-electron chi connectivity index (χ0n) is 24.0. The van der Waals surface area contributed by atoms with Gasteiger partial charge in [-0.1, -0.05) is 24.3 Å². The first-order valence-electron chi connectivity index (χ1n) is 13.2. The molecule has 0 saturated heterocycles. The standard InChI is InChI=1S/C31H34N2O7/c1-16(32(6)7)37-23-15-24-26(29(38-17(2)34)30(39-18(3)35)31(4,5)40-24)27-25(23)28(36)21-13-19-11-9-10-12-20(19)14-22(21)33(27)8/h9-16,29-30H,1-8H3. The largest absolute Gasteiger partial charge is 0.483 e. The molecule has 9 nitrogen and oxygen atoms in total. The van der Waals surface area contributed by atoms with Crippen LogP contribution in [-0.2, 0) is 26.1 Å². The summed E-state index contributed by atoms with van der Waals surface area (Å²) in [4.78, 5) is 40.8. The van der Waals surface area contributed by atoms with Crippen LogP contribution in [0.4, 0.5) is 0 Å². The smallest absolute Gasteiger partial charge is 0.303 e. The molecule has 4 aromatic rings. The van der Waals surface area contributed by atoms with Gasteiger partial charge in [0.15, 0.2) is 12.2 Å². The molecular formula is C31H34N2O7. The van der Waals surface area contributed by atoms with E-state index in [1.807, 2.05) is 73.9 Å². The number of ether oxygens (including phenoxy) is 4. The van der Waals surface area contributed by atoms with Gasteiger partial charge in [-0.05, 0) is 57.8 Å². The van der Waals surface area contributed by atoms with Crippen molar-refractivity contribution in [3.05, 3.63) is 58.3 Å². The fourth-order valence-electron chi connectivity index (χ4n) is 5.43. The van der Waals surface area contributed by atoms with E-state index in [1.54, 1.807) is 19.9 Å². The lowest BCUT2D eigenvalue weighted by Gasteiger charge is -2.43. The molecule has 1 aromatic heterocycles. The van der Waals surface area contributed by atoms with Crippen LogP contribution in [0, 0.1) is 0 Å². The summed E-state index contributed by atoms with van der Waals surface area (Å²) in [5, 5.41) is 2.75. The number of esters is 2. The molecule has 1 aliphatic rings. The molecule has 0 N–H and O–H groups in total. The molecule has 5 rings (SSSR count). The van der Waals surface area contributed by atoms with E-state index < -0.39 is 29.7 Å². The number of hydrogen-bond acceptors (Lipinski definition) is 8. The second-order valence-corrected chi connectivity index (χ2v) is 11.1. The number of nitrogens with zero attached hydrogens (tertiary/aromatic N) is 2. The molecule has 0 bridgehead atoms. The molecule has 0 fully saturated rings. The summed E-state index contributed by atoms with van der Waals surface area (Å²) in [5.74, 6) is -0.383. The first kappa shape index (κ1) is 27.5. The van der Waals surface area contributed by atoms with Crippen molar-refractivity contribution in [1.29, 1.82) is 0 Å². The Morgan fingerprint density at radius 2 is 1.65 bits per heavy atom. The van der Waals surface area contributed by atoms with Gasteiger partial charge in [-0.25, -0.2) is 0 Å². The van der Waals surface area contributed by atoms with E-state index in [4.69, 9.17) is 18.9 Å². The van der Waals surface area contributed by atoms with Crippen molar-refractivity contribution in [2.24, 2.45) is 7.05 Å². The van der Waals surface area contributed by atoms with Gasteiger partial charge in [0.1, 0.15) is 23.3 Å². The number of benzene rings is 3. The van der Waals surface area contributed by atoms with Crippen LogP contribution in [-0.4, -0.2) is 53.4 Å². The molecule has 9 heteroatoms. The Labute approximate surface area is 232 Å². The summed E-state index contributed by atoms with van der Waals surface area (Å²) in [6, 6.07) is 13.4. The summed E-state index contributed by atoms with van der Waals surface area (Å²) in [5.41, 5.74) is 0.308. The molecule has 0 spiro atoms. The molecule has 3 atom stereocenters. The molecule has 3 aromatic carbocycles. The van der Waals surface area contributed by atoms with Crippen LogP contribution in [0.15, 0.2) is 47.3 Å². The lowest BCUT2D eigenvalue weighted by atomic mass is 9.86. The van der Waals surface area contributed by atoms with Gasteiger partial charge in [0.25, 0.3) is 0 Å². The Balaban J connectivity index is 1.95. The zero-order valence-corrected chi connectivity index (χ0v) is 24.0. The Bertz CT molecular complexity index is 1740. The van der Waals surface area contributed by atoms with E-state index in [0.717, 1.165) is 10.8 Å². The minimum atomic E-state index is -1.07. The number of fused-ring (bicyclic) bond motifs is 5. The summed E-state index contributed by atoms with van der Waals surface area (Å²) >= 11 is 0. The predicted octanol–water partition coefficient (Wildman–Crippen LogP) is 4.84. The van der Waals surface area contributed by atoms with E-state index in [-0.39, 0.29) is 11.7 Å². The summed E-state index contributed by atoms with van der Waals surface area (Å²) in [7, 11) is 5.61. The van der Waals surface area contributed by atoms with Gasteiger partial charge in [0.05, 0.1) is 22.0 Å². The lowest BCUT2D eigenvalue weighted by molar-refractivity contribution is -0.187. The van der Waals surface area contributed by atoms with E-state index in [1.165, 1.54) is 13.8 Å². The highest BCUT2D eigenvalue weighted by Gasteiger charge is 2.50. The maximum Gasteiger partial charge on any atom is 0.303 e. The number of carbonyl (C=O) groups excluding carboxylic acids is 2. The van der Waals surface area contributed by atoms with Crippen molar-refractivity contribution in [2.75, 3.05) is 14.1 Å². The van der Waals surface area contributed by atoms with E-state index in [0.29, 0.717) is 38.9 Å². The third-order valence-electron chi connectivity index (χ3n) is 7.53. The van der Waals surface area contributed by atoms with Gasteiger partial charge in [0, 0.05) is 32.3 Å². The summed E-state index contributed by atoms with van der Waals surface area (Å²) < 4.78 is 26.2. The quantitative estimate of drug-likeness (QED) is 0.199. The number of pyridine rings is 1. The molecule has 210 valence electrons. The van der Waals surface area contributed by atoms with Crippen molar-refractivity contribution in [3.8, 4) is 11.5 Å². The first-order chi connectivity index (χ1) is 18.8. The summed E-state index contributed by atoms with van der Waals surface area (Å²) in [6.07, 6.45) is -2.38. The van der Waals surface area contributed by atoms with E-state index in [9.17, 15) is 14.4 Å². The van der Waals surface area contributed by atoms with E-state index in [2.05, 4.69) is 0 Å². The van der Waals surface area contributed by atoms with Crippen molar-refractivity contribution in [1.82, 2.24) is 9.47 Å². The van der Waals surface area contributed by atoms with Gasteiger partial charge < -0.3 is 23.5 Å². The Morgan fingerprint density at radius 3 is 2.25 bits per heavy atom. The van der Waals surface area contributed by atoms with Crippen molar-refractivity contribution >= 4 is 44.5 Å². The fraction of sp³-hybridized carbons (Fsp3) is 0.387. The average Bonchev–Trinajstić information content (AvgIpc) is 2.87. The van der Waals surface area contributed by atoms with Crippen LogP contribution in [0.25, 0.3) is 32.6 Å². The average molecular weight is 547 g/mol. The Hall–Kier alpha value is -4.11. The molecule has 0 aliphatic carbocycles. The highest BCUT2D eigenvalue weighted by molar-refractivity contribution is 6.04. The molecule has 3 unspecified atom stereocenters. The normalized spacial score (nSPS) is 18.8. The fourth-order valence-corrected chi connectivity index (χ4v) is 5.43. The van der Waals surface area contributed by atoms with Crippen LogP contribution < -0.4 is 14.9 Å². The second-order valence-electron chi connectivity index (χ2n) is 11.1. The minimum Gasteiger partial charge on any atom is -0.483 e. The van der Waals surface area contributed by atoms with Crippen molar-refractivity contribution < 1.29 is 28.5 Å². The highest BCUT2D eigenvalue weighted by atomic mass is 16.6. The molecule has 2 heterocycles. The molecular weight excluding hydrogens is 512 g/mol. The van der Waals surface area contributed by atoms with Crippen LogP contribution in [0.3, 0.4) is 0 Å². The zero-order chi connectivity index (χ0) is 29.1. The van der Waals surface area contributed by atoms with Crippen LogP contribution >= 0.6 is 0 Å². The van der Waals surface area contributed by atoms with Crippen LogP contribution in [0.1, 0.15) is 46.3 Å². The van der Waals surface area contributed by atoms with Crippen molar-refractivity contribution in [2.45, 2.75) is 58.7 Å². The van der Waals surface area contributed by atoms with Crippen LogP contribution in [0.5, 0.6) is 11.5 Å². The highest BCUT2D eigenvalue weighted by Crippen LogP contribution is 2.49. The maximum absolute atomic E-state index is 14.3. The van der Waals surface area contributed by atoms with Gasteiger partial charge in [-0.2, -0.15) is 0 Å². The SMILES string of the molecule is CC(=O)OC1c2c(cc(OC(C)N(C)C)c3c(=O)c4cc5ccccc5cc4n(C)c23)OC(C)(C)C1OC(C)=O. The van der Waals surface area contributed by atoms with Gasteiger partial charge in [0.2, 0.25) is 5.43 Å². The van der Waals surface area contributed by atoms with Gasteiger partial charge >= 0.3 is 11.9 Å². The maximum atomic E-state index is 14.3. The lowest BCUT2D eigenvalue weighted by Crippen LogP contribution is -2.52. The number of hydrogen-bond donors (Lipinski definition) is 0. The van der Waals surface area contributed by atoms with Crippen LogP contribution in [0.2, 0.25) is 0 Å². The van der Waals surface area contributed by atoms with E-state index >= 15 is 0 Å². The number of aryl methyl sites for hydroxylation is 1. The first-order valence-corrected chi connectivity index (χ1v) is 13.2. The number of carbonyl (C=O) groups is 2. The topological polar surface area (TPSA) is 96.3 Å².